The van der Waals surface area contributed by atoms with Crippen molar-refractivity contribution in [3.05, 3.63) is 94.7 Å². The van der Waals surface area contributed by atoms with Crippen molar-refractivity contribution in [1.82, 2.24) is 34.7 Å². The lowest BCUT2D eigenvalue weighted by Crippen LogP contribution is -2.32. The number of rotatable bonds is 7. The van der Waals surface area contributed by atoms with Crippen molar-refractivity contribution in [2.45, 2.75) is 110 Å². The monoisotopic (exact) mass is 974 g/mol. The third-order valence-electron chi connectivity index (χ3n) is 14.6. The van der Waals surface area contributed by atoms with E-state index in [0.29, 0.717) is 58.0 Å². The van der Waals surface area contributed by atoms with Gasteiger partial charge < -0.3 is 33.1 Å². The first-order valence-corrected chi connectivity index (χ1v) is 27.4. The second kappa shape index (κ2) is 17.3. The van der Waals surface area contributed by atoms with Crippen LogP contribution in [0.15, 0.2) is 63.6 Å². The fourth-order valence-electron chi connectivity index (χ4n) is 11.2. The lowest BCUT2D eigenvalue weighted by atomic mass is 10.0. The molecule has 0 bridgehead atoms. The molecule has 4 saturated heterocycles. The molecule has 17 nitrogen and oxygen atoms in total. The van der Waals surface area contributed by atoms with Gasteiger partial charge in [0.15, 0.2) is 0 Å². The molecule has 9 heterocycles. The zero-order valence-corrected chi connectivity index (χ0v) is 40.7. The minimum Gasteiger partial charge on any atom is -0.493 e. The van der Waals surface area contributed by atoms with Crippen LogP contribution in [0.3, 0.4) is 0 Å². The van der Waals surface area contributed by atoms with Crippen molar-refractivity contribution < 1.29 is 40.2 Å². The number of hydrogen-bond donors (Lipinski definition) is 1. The first-order valence-electron chi connectivity index (χ1n) is 23.8. The van der Waals surface area contributed by atoms with Gasteiger partial charge in [0.2, 0.25) is 11.8 Å². The summed E-state index contributed by atoms with van der Waals surface area (Å²) >= 11 is 0. The molecule has 4 aromatic heterocycles. The van der Waals surface area contributed by atoms with Crippen LogP contribution in [0.4, 0.5) is 5.69 Å². The fraction of sp³-hybridized carbons (Fsp3) is 0.440. The summed E-state index contributed by atoms with van der Waals surface area (Å²) in [5, 5.41) is 11.2. The van der Waals surface area contributed by atoms with Crippen LogP contribution in [0.1, 0.15) is 116 Å². The summed E-state index contributed by atoms with van der Waals surface area (Å²) in [6.07, 6.45) is 5.28. The molecule has 2 atom stereocenters. The standard InChI is InChI=1S/C29H30N4O5S.C21H24N4O4S/c1-17-28(18(2)38-31-17)20-3-5-24-23(16-20)30-29(33(24)21-10-13-39(35,36)14-11-21)25-6-8-27(34)32(25)22-4-7-26-19(15-22)9-12-37-26;1-12-20(13(2)29-24-12)14-3-5-18-17(11-14)23-21(16-4-6-19(26)22-16)25(18)15-7-9-30(27,28)10-8-15/h3-5,7,15-16,21,25H,6,8-14H2,1-2H3;3,5,11,15-16H,4,6-10H2,1-2H3,(H,22,26)/t25-;16-/m00/s1. The highest BCUT2D eigenvalue weighted by Gasteiger charge is 2.40. The minimum atomic E-state index is -3.03. The van der Waals surface area contributed by atoms with Crippen LogP contribution in [0.25, 0.3) is 44.3 Å². The molecular weight excluding hydrogens is 921 g/mol. The molecular formula is C50H54N8O9S2. The van der Waals surface area contributed by atoms with Crippen LogP contribution in [0.2, 0.25) is 0 Å². The third kappa shape index (κ3) is 8.29. The summed E-state index contributed by atoms with van der Waals surface area (Å²) in [6.45, 7) is 8.28. The summed E-state index contributed by atoms with van der Waals surface area (Å²) < 4.78 is 69.3. The minimum absolute atomic E-state index is 0.00980. The van der Waals surface area contributed by atoms with Gasteiger partial charge in [-0.1, -0.05) is 22.4 Å². The van der Waals surface area contributed by atoms with Crippen molar-refractivity contribution in [2.24, 2.45) is 0 Å². The van der Waals surface area contributed by atoms with Crippen LogP contribution >= 0.6 is 0 Å². The Hall–Kier alpha value is -6.34. The number of fused-ring (bicyclic) bond motifs is 3. The van der Waals surface area contributed by atoms with Crippen LogP contribution in [-0.4, -0.2) is 87.7 Å². The van der Waals surface area contributed by atoms with E-state index in [4.69, 9.17) is 23.8 Å². The Morgan fingerprint density at radius 3 is 1.70 bits per heavy atom. The number of nitrogens with zero attached hydrogens (tertiary/aromatic N) is 7. The number of ether oxygens (including phenoxy) is 1. The number of nitrogens with one attached hydrogen (secondary N) is 1. The number of sulfone groups is 2. The van der Waals surface area contributed by atoms with Crippen molar-refractivity contribution in [3.63, 3.8) is 0 Å². The Morgan fingerprint density at radius 2 is 1.17 bits per heavy atom. The topological polar surface area (TPSA) is 215 Å². The Morgan fingerprint density at radius 1 is 0.623 bits per heavy atom. The van der Waals surface area contributed by atoms with Gasteiger partial charge in [0.25, 0.3) is 0 Å². The maximum Gasteiger partial charge on any atom is 0.227 e. The fourth-order valence-corrected chi connectivity index (χ4v) is 14.2. The van der Waals surface area contributed by atoms with Crippen LogP contribution in [0, 0.1) is 27.7 Å². The second-order valence-corrected chi connectivity index (χ2v) is 23.7. The Kier molecular flexibility index (Phi) is 11.3. The molecule has 360 valence electrons. The van der Waals surface area contributed by atoms with Gasteiger partial charge >= 0.3 is 0 Å². The molecule has 5 aliphatic rings. The van der Waals surface area contributed by atoms with E-state index in [0.717, 1.165) is 102 Å². The number of aryl methyl sites for hydroxylation is 4. The summed E-state index contributed by atoms with van der Waals surface area (Å²) in [5.41, 5.74) is 11.0. The van der Waals surface area contributed by atoms with Crippen LogP contribution in [-0.2, 0) is 35.7 Å². The predicted molar refractivity (Wildman–Crippen MR) is 258 cm³/mol. The summed E-state index contributed by atoms with van der Waals surface area (Å²) in [7, 11) is -6.00. The average Bonchev–Trinajstić information content (AvgIpc) is 4.20. The van der Waals surface area contributed by atoms with Crippen LogP contribution < -0.4 is 15.0 Å². The molecule has 0 unspecified atom stereocenters. The highest BCUT2D eigenvalue weighted by atomic mass is 32.2. The molecule has 0 saturated carbocycles. The molecule has 12 rings (SSSR count). The number of carbonyl (C=O) groups is 2. The largest absolute Gasteiger partial charge is 0.493 e. The number of anilines is 1. The van der Waals surface area contributed by atoms with Crippen molar-refractivity contribution in [2.75, 3.05) is 34.5 Å². The van der Waals surface area contributed by atoms with Gasteiger partial charge in [-0.3, -0.25) is 9.59 Å². The number of imidazole rings is 2. The highest BCUT2D eigenvalue weighted by Crippen LogP contribution is 2.43. The van der Waals surface area contributed by atoms with Crippen molar-refractivity contribution in [1.29, 1.82) is 0 Å². The average molecular weight is 975 g/mol. The summed E-state index contributed by atoms with van der Waals surface area (Å²) in [6, 6.07) is 17.9. The van der Waals surface area contributed by atoms with Gasteiger partial charge in [0.05, 0.1) is 75.2 Å². The number of amides is 2. The van der Waals surface area contributed by atoms with E-state index in [2.05, 4.69) is 49.0 Å². The molecule has 0 aliphatic carbocycles. The zero-order valence-electron chi connectivity index (χ0n) is 39.0. The second-order valence-electron chi connectivity index (χ2n) is 19.1. The van der Waals surface area contributed by atoms with E-state index in [1.54, 1.807) is 0 Å². The van der Waals surface area contributed by atoms with E-state index in [1.165, 1.54) is 0 Å². The molecule has 5 aliphatic heterocycles. The quantitative estimate of drug-likeness (QED) is 0.161. The first kappa shape index (κ1) is 45.1. The van der Waals surface area contributed by atoms with Gasteiger partial charge in [-0.05, 0) is 125 Å². The third-order valence-corrected chi connectivity index (χ3v) is 18.1. The number of carbonyl (C=O) groups excluding carboxylic acids is 2. The molecule has 7 aromatic rings. The predicted octanol–water partition coefficient (Wildman–Crippen LogP) is 7.87. The summed E-state index contributed by atoms with van der Waals surface area (Å²) in [5.74, 6) is 4.80. The molecule has 4 fully saturated rings. The van der Waals surface area contributed by atoms with Crippen LogP contribution in [0.5, 0.6) is 5.75 Å². The van der Waals surface area contributed by atoms with E-state index in [-0.39, 0.29) is 59.0 Å². The van der Waals surface area contributed by atoms with E-state index in [1.807, 2.05) is 62.9 Å². The number of benzene rings is 3. The van der Waals surface area contributed by atoms with E-state index < -0.39 is 19.7 Å². The summed E-state index contributed by atoms with van der Waals surface area (Å²) in [4.78, 5) is 37.1. The van der Waals surface area contributed by atoms with Gasteiger partial charge in [-0.25, -0.2) is 26.8 Å². The Balaban J connectivity index is 0.000000156. The maximum atomic E-state index is 13.3. The van der Waals surface area contributed by atoms with Gasteiger partial charge in [-0.15, -0.1) is 0 Å². The first-order chi connectivity index (χ1) is 33.1. The van der Waals surface area contributed by atoms with Crippen molar-refractivity contribution >= 4 is 59.2 Å². The van der Waals surface area contributed by atoms with Gasteiger partial charge in [-0.2, -0.15) is 0 Å². The lowest BCUT2D eigenvalue weighted by molar-refractivity contribution is -0.119. The molecule has 1 N–H and O–H groups in total. The van der Waals surface area contributed by atoms with Gasteiger partial charge in [0, 0.05) is 48.2 Å². The zero-order chi connectivity index (χ0) is 47.9. The highest BCUT2D eigenvalue weighted by molar-refractivity contribution is 7.91. The number of hydrogen-bond acceptors (Lipinski definition) is 13. The molecule has 0 radical (unpaired) electrons. The molecule has 0 spiro atoms. The maximum absolute atomic E-state index is 13.3. The molecule has 19 heteroatoms. The van der Waals surface area contributed by atoms with Gasteiger partial charge in [0.1, 0.15) is 48.6 Å². The molecule has 3 aromatic carbocycles. The Bertz CT molecular complexity index is 3370. The number of aromatic nitrogens is 6. The SMILES string of the molecule is Cc1noc(C)c1-c1ccc2c(c1)nc([C@@H]1CCC(=O)N1)n2C1CCS(=O)(=O)CC1.Cc1noc(C)c1-c1ccc2c(c1)nc([C@@H]1CCC(=O)N1c1ccc3c(c1)CCO3)n2C1CCS(=O)(=O)CC1. The normalized spacial score (nSPS) is 21.4. The van der Waals surface area contributed by atoms with E-state index in [9.17, 15) is 26.4 Å². The molecule has 69 heavy (non-hydrogen) atoms. The van der Waals surface area contributed by atoms with E-state index >= 15 is 0 Å². The lowest BCUT2D eigenvalue weighted by Gasteiger charge is -2.30. The van der Waals surface area contributed by atoms with Crippen molar-refractivity contribution in [3.8, 4) is 28.0 Å². The molecule has 2 amide bonds. The smallest absolute Gasteiger partial charge is 0.227 e. The Labute approximate surface area is 399 Å².